The van der Waals surface area contributed by atoms with Crippen molar-refractivity contribution < 1.29 is 25.5 Å². The number of hydrogen-bond acceptors (Lipinski definition) is 2. The smallest absolute Gasteiger partial charge is 0.195 e. The fourth-order valence-corrected chi connectivity index (χ4v) is 0.814. The van der Waals surface area contributed by atoms with Crippen molar-refractivity contribution in [1.82, 2.24) is 0 Å². The van der Waals surface area contributed by atoms with Crippen molar-refractivity contribution in [3.8, 4) is 0 Å². The monoisotopic (exact) mass is 194 g/mol. The van der Waals surface area contributed by atoms with Crippen molar-refractivity contribution in [1.29, 1.82) is 0 Å². The number of rotatable bonds is 2. The SMILES string of the molecule is CC(CC(F)(F)F)S(=O)(=O)F. The summed E-state index contributed by atoms with van der Waals surface area (Å²) in [6.07, 6.45) is -6.29. The van der Waals surface area contributed by atoms with Gasteiger partial charge in [-0.3, -0.25) is 0 Å². The van der Waals surface area contributed by atoms with E-state index < -0.39 is 28.1 Å². The van der Waals surface area contributed by atoms with Crippen LogP contribution < -0.4 is 0 Å². The predicted octanol–water partition coefficient (Wildman–Crippen LogP) is 1.63. The molecule has 0 heterocycles. The van der Waals surface area contributed by atoms with E-state index in [0.29, 0.717) is 6.92 Å². The van der Waals surface area contributed by atoms with E-state index in [9.17, 15) is 25.5 Å². The fraction of sp³-hybridized carbons (Fsp3) is 1.00. The Labute approximate surface area is 61.4 Å². The molecule has 7 heteroatoms. The minimum absolute atomic E-state index is 0.669. The zero-order valence-corrected chi connectivity index (χ0v) is 6.34. The van der Waals surface area contributed by atoms with Gasteiger partial charge in [-0.15, -0.1) is 3.89 Å². The summed E-state index contributed by atoms with van der Waals surface area (Å²) < 4.78 is 65.7. The Balaban J connectivity index is 4.22. The first kappa shape index (κ1) is 10.7. The third kappa shape index (κ3) is 5.00. The van der Waals surface area contributed by atoms with Gasteiger partial charge in [-0.05, 0) is 6.92 Å². The van der Waals surface area contributed by atoms with Gasteiger partial charge < -0.3 is 0 Å². The van der Waals surface area contributed by atoms with E-state index >= 15 is 0 Å². The maximum Gasteiger partial charge on any atom is 0.390 e. The molecule has 0 saturated carbocycles. The van der Waals surface area contributed by atoms with Gasteiger partial charge in [-0.1, -0.05) is 0 Å². The Morgan fingerprint density at radius 1 is 1.36 bits per heavy atom. The number of halogens is 4. The molecule has 1 unspecified atom stereocenters. The molecule has 2 nitrogen and oxygen atoms in total. The Hall–Kier alpha value is -0.330. The topological polar surface area (TPSA) is 34.1 Å². The molecule has 0 aromatic carbocycles. The maximum atomic E-state index is 11.8. The van der Waals surface area contributed by atoms with E-state index in [2.05, 4.69) is 0 Å². The average molecular weight is 194 g/mol. The van der Waals surface area contributed by atoms with Gasteiger partial charge in [0.25, 0.3) is 0 Å². The predicted molar refractivity (Wildman–Crippen MR) is 30.2 cm³/mol. The fourth-order valence-electron chi connectivity index (χ4n) is 0.425. The summed E-state index contributed by atoms with van der Waals surface area (Å²) in [6, 6.07) is 0. The average Bonchev–Trinajstić information content (AvgIpc) is 1.56. The molecule has 0 aliphatic carbocycles. The zero-order chi connectivity index (χ0) is 9.28. The second-order valence-corrected chi connectivity index (χ2v) is 3.86. The van der Waals surface area contributed by atoms with Crippen molar-refractivity contribution in [3.05, 3.63) is 0 Å². The zero-order valence-electron chi connectivity index (χ0n) is 5.52. The molecule has 68 valence electrons. The molecule has 0 amide bonds. The summed E-state index contributed by atoms with van der Waals surface area (Å²) in [4.78, 5) is 0. The normalized spacial score (nSPS) is 16.5. The second-order valence-electron chi connectivity index (χ2n) is 2.11. The van der Waals surface area contributed by atoms with Crippen LogP contribution in [0.1, 0.15) is 13.3 Å². The molecule has 0 rings (SSSR count). The van der Waals surface area contributed by atoms with Crippen molar-refractivity contribution >= 4 is 10.2 Å². The van der Waals surface area contributed by atoms with Gasteiger partial charge in [0.05, 0.1) is 11.7 Å². The van der Waals surface area contributed by atoms with Crippen LogP contribution in [0.25, 0.3) is 0 Å². The molecule has 11 heavy (non-hydrogen) atoms. The molecule has 0 aromatic rings. The highest BCUT2D eigenvalue weighted by atomic mass is 32.3. The third-order valence-corrected chi connectivity index (χ3v) is 2.13. The Morgan fingerprint density at radius 3 is 1.82 bits per heavy atom. The highest BCUT2D eigenvalue weighted by Gasteiger charge is 2.35. The van der Waals surface area contributed by atoms with Crippen LogP contribution in [0.2, 0.25) is 0 Å². The summed E-state index contributed by atoms with van der Waals surface area (Å²) in [7, 11) is -5.06. The van der Waals surface area contributed by atoms with Crippen molar-refractivity contribution in [3.63, 3.8) is 0 Å². The lowest BCUT2D eigenvalue weighted by molar-refractivity contribution is -0.134. The van der Waals surface area contributed by atoms with Crippen LogP contribution in [-0.4, -0.2) is 19.8 Å². The van der Waals surface area contributed by atoms with Crippen molar-refractivity contribution in [2.24, 2.45) is 0 Å². The molecule has 0 fully saturated rings. The van der Waals surface area contributed by atoms with E-state index in [1.165, 1.54) is 0 Å². The number of hydrogen-bond donors (Lipinski definition) is 0. The van der Waals surface area contributed by atoms with E-state index in [-0.39, 0.29) is 0 Å². The van der Waals surface area contributed by atoms with Gasteiger partial charge in [0.2, 0.25) is 0 Å². The van der Waals surface area contributed by atoms with E-state index in [1.807, 2.05) is 0 Å². The molecular weight excluding hydrogens is 188 g/mol. The van der Waals surface area contributed by atoms with Crippen LogP contribution in [0.15, 0.2) is 0 Å². The minimum atomic E-state index is -5.06. The van der Waals surface area contributed by atoms with Gasteiger partial charge in [0, 0.05) is 0 Å². The highest BCUT2D eigenvalue weighted by molar-refractivity contribution is 7.86. The summed E-state index contributed by atoms with van der Waals surface area (Å²) in [5.74, 6) is 0. The Morgan fingerprint density at radius 2 is 1.73 bits per heavy atom. The summed E-state index contributed by atoms with van der Waals surface area (Å²) in [6.45, 7) is 0.669. The van der Waals surface area contributed by atoms with Crippen LogP contribution >= 0.6 is 0 Å². The first-order valence-electron chi connectivity index (χ1n) is 2.63. The quantitative estimate of drug-likeness (QED) is 0.494. The number of alkyl halides is 3. The first-order chi connectivity index (χ1) is 4.63. The summed E-state index contributed by atoms with van der Waals surface area (Å²) in [5.41, 5.74) is 0. The molecule has 0 radical (unpaired) electrons. The van der Waals surface area contributed by atoms with E-state index in [0.717, 1.165) is 0 Å². The van der Waals surface area contributed by atoms with Crippen LogP contribution in [0.5, 0.6) is 0 Å². The molecule has 0 bridgehead atoms. The minimum Gasteiger partial charge on any atom is -0.195 e. The molecule has 0 aromatic heterocycles. The molecule has 0 aliphatic rings. The van der Waals surface area contributed by atoms with Crippen molar-refractivity contribution in [2.75, 3.05) is 0 Å². The van der Waals surface area contributed by atoms with E-state index in [4.69, 9.17) is 0 Å². The molecule has 1 atom stereocenters. The van der Waals surface area contributed by atoms with Gasteiger partial charge >= 0.3 is 16.4 Å². The van der Waals surface area contributed by atoms with E-state index in [1.54, 1.807) is 0 Å². The molecule has 0 aliphatic heterocycles. The highest BCUT2D eigenvalue weighted by Crippen LogP contribution is 2.24. The molecule has 0 spiro atoms. The lowest BCUT2D eigenvalue weighted by Crippen LogP contribution is -2.22. The van der Waals surface area contributed by atoms with Crippen molar-refractivity contribution in [2.45, 2.75) is 24.8 Å². The summed E-state index contributed by atoms with van der Waals surface area (Å²) in [5, 5.41) is -2.01. The Kier molecular flexibility index (Phi) is 2.87. The second kappa shape index (κ2) is 2.96. The standard InChI is InChI=1S/C4H6F4O2S/c1-3(11(8,9)10)2-4(5,6)7/h3H,2H2,1H3. The lowest BCUT2D eigenvalue weighted by Gasteiger charge is -2.08. The lowest BCUT2D eigenvalue weighted by atomic mass is 10.3. The first-order valence-corrected chi connectivity index (χ1v) is 4.08. The molecule has 0 saturated heterocycles. The van der Waals surface area contributed by atoms with Crippen LogP contribution in [0.3, 0.4) is 0 Å². The third-order valence-electron chi connectivity index (χ3n) is 1.000. The Bertz CT molecular complexity index is 217. The van der Waals surface area contributed by atoms with Gasteiger partial charge in [-0.25, -0.2) is 0 Å². The van der Waals surface area contributed by atoms with Gasteiger partial charge in [0.15, 0.2) is 0 Å². The van der Waals surface area contributed by atoms with Gasteiger partial charge in [0.1, 0.15) is 0 Å². The van der Waals surface area contributed by atoms with Crippen LogP contribution in [0, 0.1) is 0 Å². The maximum absolute atomic E-state index is 11.8. The van der Waals surface area contributed by atoms with Gasteiger partial charge in [-0.2, -0.15) is 21.6 Å². The summed E-state index contributed by atoms with van der Waals surface area (Å²) >= 11 is 0. The van der Waals surface area contributed by atoms with Crippen LogP contribution in [-0.2, 0) is 10.2 Å². The largest absolute Gasteiger partial charge is 0.390 e. The molecular formula is C4H6F4O2S. The molecule has 0 N–H and O–H groups in total. The van der Waals surface area contributed by atoms with Crippen LogP contribution in [0.4, 0.5) is 17.1 Å².